The Kier molecular flexibility index (Phi) is 5.53. The number of aryl methyl sites for hydroxylation is 1. The highest BCUT2D eigenvalue weighted by Gasteiger charge is 2.12. The lowest BCUT2D eigenvalue weighted by Crippen LogP contribution is -2.16. The maximum Gasteiger partial charge on any atom is 0.275 e. The van der Waals surface area contributed by atoms with Crippen LogP contribution in [0.25, 0.3) is 27.6 Å². The van der Waals surface area contributed by atoms with Crippen molar-refractivity contribution in [1.29, 1.82) is 5.26 Å². The van der Waals surface area contributed by atoms with Gasteiger partial charge in [0.1, 0.15) is 23.5 Å². The Bertz CT molecular complexity index is 1620. The van der Waals surface area contributed by atoms with Gasteiger partial charge in [0, 0.05) is 6.07 Å². The summed E-state index contributed by atoms with van der Waals surface area (Å²) in [7, 11) is 1.54. The first-order chi connectivity index (χ1) is 16.5. The molecule has 5 aromatic rings. The largest absolute Gasteiger partial charge is 0.493 e. The summed E-state index contributed by atoms with van der Waals surface area (Å²) in [6.07, 6.45) is 1.73. The lowest BCUT2D eigenvalue weighted by molar-refractivity contribution is 0.280. The predicted molar refractivity (Wildman–Crippen MR) is 129 cm³/mol. The molecule has 5 rings (SSSR count). The number of aromatic nitrogens is 5. The van der Waals surface area contributed by atoms with Crippen LogP contribution < -0.4 is 15.0 Å². The van der Waals surface area contributed by atoms with Crippen LogP contribution in [-0.4, -0.2) is 31.7 Å². The highest BCUT2D eigenvalue weighted by molar-refractivity contribution is 7.16. The van der Waals surface area contributed by atoms with Crippen LogP contribution >= 0.6 is 11.3 Å². The minimum Gasteiger partial charge on any atom is -0.493 e. The smallest absolute Gasteiger partial charge is 0.275 e. The molecule has 0 radical (unpaired) electrons. The van der Waals surface area contributed by atoms with Crippen molar-refractivity contribution in [2.75, 3.05) is 7.11 Å². The molecule has 9 nitrogen and oxygen atoms in total. The summed E-state index contributed by atoms with van der Waals surface area (Å²) >= 11 is 1.34. The van der Waals surface area contributed by atoms with Gasteiger partial charge in [0.25, 0.3) is 5.56 Å². The normalized spacial score (nSPS) is 11.6. The average molecular weight is 471 g/mol. The topological polar surface area (TPSA) is 118 Å². The summed E-state index contributed by atoms with van der Waals surface area (Å²) in [6, 6.07) is 16.5. The molecule has 0 aliphatic carbocycles. The van der Waals surface area contributed by atoms with Gasteiger partial charge in [0.2, 0.25) is 4.96 Å². The average Bonchev–Trinajstić information content (AvgIpc) is 3.44. The summed E-state index contributed by atoms with van der Waals surface area (Å²) in [5.74, 6) is 1.47. The second kappa shape index (κ2) is 8.80. The van der Waals surface area contributed by atoms with Crippen LogP contribution in [0.3, 0.4) is 0 Å². The highest BCUT2D eigenvalue weighted by atomic mass is 32.1. The van der Waals surface area contributed by atoms with Crippen molar-refractivity contribution in [3.05, 3.63) is 81.0 Å². The molecule has 0 atom stereocenters. The van der Waals surface area contributed by atoms with Crippen LogP contribution in [0.4, 0.5) is 0 Å². The first-order valence-electron chi connectivity index (χ1n) is 10.3. The van der Waals surface area contributed by atoms with Crippen molar-refractivity contribution in [1.82, 2.24) is 24.6 Å². The summed E-state index contributed by atoms with van der Waals surface area (Å²) in [5, 5.41) is 14.6. The minimum absolute atomic E-state index is 0.0939. The number of nitrogens with zero attached hydrogens (tertiary/aromatic N) is 5. The first kappa shape index (κ1) is 21.4. The molecule has 0 fully saturated rings. The van der Waals surface area contributed by atoms with Gasteiger partial charge in [-0.2, -0.15) is 14.9 Å². The van der Waals surface area contributed by atoms with Gasteiger partial charge in [-0.15, -0.1) is 0 Å². The number of imidazole rings is 1. The number of nitriles is 1. The fourth-order valence-corrected chi connectivity index (χ4v) is 4.24. The van der Waals surface area contributed by atoms with E-state index in [4.69, 9.17) is 9.47 Å². The van der Waals surface area contributed by atoms with E-state index in [1.165, 1.54) is 29.0 Å². The zero-order valence-corrected chi connectivity index (χ0v) is 19.1. The summed E-state index contributed by atoms with van der Waals surface area (Å²) in [6.45, 7) is 1.92. The molecule has 3 heterocycles. The predicted octanol–water partition coefficient (Wildman–Crippen LogP) is 3.99. The molecule has 3 aromatic heterocycles. The molecule has 10 heteroatoms. The van der Waals surface area contributed by atoms with Crippen molar-refractivity contribution >= 4 is 39.0 Å². The Morgan fingerprint density at radius 3 is 2.85 bits per heavy atom. The van der Waals surface area contributed by atoms with E-state index in [2.05, 4.69) is 26.1 Å². The van der Waals surface area contributed by atoms with E-state index in [9.17, 15) is 10.1 Å². The molecule has 0 aliphatic rings. The maximum absolute atomic E-state index is 12.2. The number of hydrogen-bond donors (Lipinski definition) is 1. The summed E-state index contributed by atoms with van der Waals surface area (Å²) in [5.41, 5.74) is 3.04. The third-order valence-corrected chi connectivity index (χ3v) is 5.86. The van der Waals surface area contributed by atoms with Gasteiger partial charge in [-0.1, -0.05) is 29.5 Å². The van der Waals surface area contributed by atoms with Crippen LogP contribution in [0.2, 0.25) is 0 Å². The number of fused-ring (bicyclic) bond motifs is 2. The van der Waals surface area contributed by atoms with Gasteiger partial charge < -0.3 is 14.5 Å². The van der Waals surface area contributed by atoms with Crippen LogP contribution in [0.5, 0.6) is 11.5 Å². The lowest BCUT2D eigenvalue weighted by Gasteiger charge is -2.11. The number of methoxy groups -OCH3 is 1. The third-order valence-electron chi connectivity index (χ3n) is 5.04. The molecule has 0 bridgehead atoms. The number of nitrogens with one attached hydrogen (secondary N) is 1. The molecule has 2 aromatic carbocycles. The first-order valence-corrected chi connectivity index (χ1v) is 11.1. The summed E-state index contributed by atoms with van der Waals surface area (Å²) < 4.78 is 12.6. The summed E-state index contributed by atoms with van der Waals surface area (Å²) in [4.78, 5) is 24.9. The number of H-pyrrole nitrogens is 1. The Hall–Kier alpha value is -4.49. The van der Waals surface area contributed by atoms with Gasteiger partial charge in [-0.25, -0.2) is 9.97 Å². The van der Waals surface area contributed by atoms with Crippen molar-refractivity contribution in [3.63, 3.8) is 0 Å². The molecular weight excluding hydrogens is 452 g/mol. The second-order valence-corrected chi connectivity index (χ2v) is 8.53. The molecule has 34 heavy (non-hydrogen) atoms. The lowest BCUT2D eigenvalue weighted by atomic mass is 10.1. The van der Waals surface area contributed by atoms with Gasteiger partial charge in [0.15, 0.2) is 11.5 Å². The molecule has 0 unspecified atom stereocenters. The Morgan fingerprint density at radius 2 is 2.06 bits per heavy atom. The van der Waals surface area contributed by atoms with E-state index in [1.807, 2.05) is 37.3 Å². The number of ether oxygens (including phenoxy) is 2. The number of rotatable bonds is 6. The SMILES string of the molecule is COc1cc(C=C(C#N)c2nc3ccccc3[nH]2)ccc1OCc1cc(=O)n2nc(C)sc2n1. The molecule has 0 spiro atoms. The van der Waals surface area contributed by atoms with E-state index in [0.29, 0.717) is 33.6 Å². The number of hydrogen-bond acceptors (Lipinski definition) is 8. The third kappa shape index (κ3) is 4.12. The molecule has 0 saturated carbocycles. The van der Waals surface area contributed by atoms with Gasteiger partial charge >= 0.3 is 0 Å². The van der Waals surface area contributed by atoms with E-state index in [0.717, 1.165) is 21.6 Å². The molecule has 0 saturated heterocycles. The van der Waals surface area contributed by atoms with Crippen molar-refractivity contribution in [2.45, 2.75) is 13.5 Å². The van der Waals surface area contributed by atoms with Crippen molar-refractivity contribution in [2.24, 2.45) is 0 Å². The molecular formula is C24H18N6O3S. The fourth-order valence-electron chi connectivity index (χ4n) is 3.47. The highest BCUT2D eigenvalue weighted by Crippen LogP contribution is 2.30. The van der Waals surface area contributed by atoms with Crippen LogP contribution in [-0.2, 0) is 6.61 Å². The van der Waals surface area contributed by atoms with Crippen molar-refractivity contribution < 1.29 is 9.47 Å². The quantitative estimate of drug-likeness (QED) is 0.373. The standard InChI is InChI=1S/C24H18N6O3S/c1-14-29-30-22(31)11-17(26-24(30)34-14)13-33-20-8-7-15(10-21(20)32-2)9-16(12-25)23-27-18-5-3-4-6-19(18)28-23/h3-11H,13H2,1-2H3,(H,27,28). The Balaban J connectivity index is 1.39. The van der Waals surface area contributed by atoms with E-state index < -0.39 is 0 Å². The Morgan fingerprint density at radius 1 is 1.21 bits per heavy atom. The zero-order valence-electron chi connectivity index (χ0n) is 18.3. The van der Waals surface area contributed by atoms with Crippen LogP contribution in [0.1, 0.15) is 22.1 Å². The number of benzene rings is 2. The fraction of sp³-hybridized carbons (Fsp3) is 0.125. The van der Waals surface area contributed by atoms with Gasteiger partial charge in [0.05, 0.1) is 29.4 Å². The molecule has 0 amide bonds. The number of allylic oxidation sites excluding steroid dienone is 1. The van der Waals surface area contributed by atoms with E-state index in [-0.39, 0.29) is 12.2 Å². The van der Waals surface area contributed by atoms with Crippen molar-refractivity contribution in [3.8, 4) is 17.6 Å². The van der Waals surface area contributed by atoms with Crippen LogP contribution in [0, 0.1) is 18.3 Å². The van der Waals surface area contributed by atoms with Gasteiger partial charge in [-0.3, -0.25) is 4.79 Å². The van der Waals surface area contributed by atoms with E-state index >= 15 is 0 Å². The molecule has 1 N–H and O–H groups in total. The second-order valence-electron chi connectivity index (χ2n) is 7.37. The zero-order chi connectivity index (χ0) is 23.7. The minimum atomic E-state index is -0.255. The number of aromatic amines is 1. The molecule has 0 aliphatic heterocycles. The van der Waals surface area contributed by atoms with Gasteiger partial charge in [-0.05, 0) is 42.8 Å². The Labute approximate surface area is 197 Å². The van der Waals surface area contributed by atoms with Crippen LogP contribution in [0.15, 0.2) is 53.3 Å². The number of para-hydroxylation sites is 2. The monoisotopic (exact) mass is 470 g/mol. The maximum atomic E-state index is 12.2. The molecule has 168 valence electrons. The van der Waals surface area contributed by atoms with E-state index in [1.54, 1.807) is 18.2 Å².